The molecule has 8 heteroatoms. The fourth-order valence-electron chi connectivity index (χ4n) is 4.75. The number of nitrogens with one attached hydrogen (secondary N) is 1. The first-order valence-electron chi connectivity index (χ1n) is 12.9. The SMILES string of the molecule is CCCc1nc2c([C@H](Cc3cc(F)cc(F)c3)[C@@H](O)CNCc3cccc(CC)c3)cc(C(N)=O)cc2o1. The van der Waals surface area contributed by atoms with Crippen LogP contribution in [0.1, 0.15) is 64.7 Å². The Morgan fingerprint density at radius 1 is 1.05 bits per heavy atom. The van der Waals surface area contributed by atoms with Gasteiger partial charge in [-0.05, 0) is 65.8 Å². The number of carbonyl (C=O) groups excluding carboxylic acids is 1. The third-order valence-corrected chi connectivity index (χ3v) is 6.64. The first-order valence-corrected chi connectivity index (χ1v) is 12.9. The van der Waals surface area contributed by atoms with Gasteiger partial charge in [0.15, 0.2) is 11.5 Å². The van der Waals surface area contributed by atoms with Crippen molar-refractivity contribution in [3.8, 4) is 0 Å². The second-order valence-corrected chi connectivity index (χ2v) is 9.59. The van der Waals surface area contributed by atoms with E-state index in [1.54, 1.807) is 6.07 Å². The van der Waals surface area contributed by atoms with Crippen molar-refractivity contribution in [2.45, 2.75) is 58.1 Å². The van der Waals surface area contributed by atoms with E-state index < -0.39 is 29.6 Å². The normalized spacial score (nSPS) is 13.1. The molecule has 0 aliphatic heterocycles. The summed E-state index contributed by atoms with van der Waals surface area (Å²) in [5.74, 6) is -2.22. The molecule has 0 aliphatic rings. The number of aryl methyl sites for hydroxylation is 2. The molecule has 4 aromatic rings. The maximum absolute atomic E-state index is 14.0. The van der Waals surface area contributed by atoms with Crippen LogP contribution in [0.4, 0.5) is 8.78 Å². The van der Waals surface area contributed by atoms with Crippen LogP contribution < -0.4 is 11.1 Å². The molecule has 0 fully saturated rings. The number of fused-ring (bicyclic) bond motifs is 1. The lowest BCUT2D eigenvalue weighted by atomic mass is 9.85. The van der Waals surface area contributed by atoms with Crippen LogP contribution in [0.15, 0.2) is 59.0 Å². The number of carbonyl (C=O) groups is 1. The van der Waals surface area contributed by atoms with E-state index in [2.05, 4.69) is 29.4 Å². The molecule has 0 saturated carbocycles. The molecule has 0 spiro atoms. The highest BCUT2D eigenvalue weighted by Crippen LogP contribution is 2.33. The van der Waals surface area contributed by atoms with E-state index in [4.69, 9.17) is 10.2 Å². The van der Waals surface area contributed by atoms with Crippen molar-refractivity contribution >= 4 is 17.0 Å². The number of oxazole rings is 1. The maximum Gasteiger partial charge on any atom is 0.248 e. The Hall–Kier alpha value is -3.62. The smallest absolute Gasteiger partial charge is 0.248 e. The van der Waals surface area contributed by atoms with Gasteiger partial charge in [-0.1, -0.05) is 38.1 Å². The number of nitrogens with two attached hydrogens (primary N) is 1. The molecule has 38 heavy (non-hydrogen) atoms. The zero-order chi connectivity index (χ0) is 27.2. The van der Waals surface area contributed by atoms with Gasteiger partial charge < -0.3 is 20.6 Å². The number of halogens is 2. The highest BCUT2D eigenvalue weighted by molar-refractivity contribution is 5.97. The van der Waals surface area contributed by atoms with Gasteiger partial charge >= 0.3 is 0 Å². The molecule has 2 atom stereocenters. The number of aliphatic hydroxyl groups excluding tert-OH is 1. The molecule has 4 rings (SSSR count). The summed E-state index contributed by atoms with van der Waals surface area (Å²) in [6.45, 7) is 4.82. The van der Waals surface area contributed by atoms with Crippen molar-refractivity contribution in [3.05, 3.63) is 99.9 Å². The minimum absolute atomic E-state index is 0.107. The number of aliphatic hydroxyl groups is 1. The van der Waals surface area contributed by atoms with Gasteiger partial charge in [0.05, 0.1) is 6.10 Å². The van der Waals surface area contributed by atoms with E-state index >= 15 is 0 Å². The Bertz CT molecular complexity index is 1400. The minimum Gasteiger partial charge on any atom is -0.441 e. The van der Waals surface area contributed by atoms with Crippen molar-refractivity contribution in [1.29, 1.82) is 0 Å². The van der Waals surface area contributed by atoms with Gasteiger partial charge in [-0.15, -0.1) is 0 Å². The Balaban J connectivity index is 1.70. The molecular formula is C30H33F2N3O3. The van der Waals surface area contributed by atoms with Crippen LogP contribution in [-0.2, 0) is 25.8 Å². The summed E-state index contributed by atoms with van der Waals surface area (Å²) < 4.78 is 34.0. The highest BCUT2D eigenvalue weighted by atomic mass is 19.1. The lowest BCUT2D eigenvalue weighted by Crippen LogP contribution is -2.33. The van der Waals surface area contributed by atoms with E-state index in [0.717, 1.165) is 24.5 Å². The summed E-state index contributed by atoms with van der Waals surface area (Å²) in [6.07, 6.45) is 1.46. The number of hydrogen-bond acceptors (Lipinski definition) is 5. The van der Waals surface area contributed by atoms with Gasteiger partial charge in [0, 0.05) is 37.1 Å². The van der Waals surface area contributed by atoms with Crippen LogP contribution >= 0.6 is 0 Å². The zero-order valence-electron chi connectivity index (χ0n) is 21.6. The largest absolute Gasteiger partial charge is 0.441 e. The molecule has 200 valence electrons. The molecule has 1 heterocycles. The predicted molar refractivity (Wildman–Crippen MR) is 143 cm³/mol. The van der Waals surface area contributed by atoms with Crippen LogP contribution in [0.25, 0.3) is 11.1 Å². The number of amides is 1. The number of primary amides is 1. The summed E-state index contributed by atoms with van der Waals surface area (Å²) in [7, 11) is 0. The molecular weight excluding hydrogens is 488 g/mol. The van der Waals surface area contributed by atoms with Crippen molar-refractivity contribution < 1.29 is 23.1 Å². The number of hydrogen-bond donors (Lipinski definition) is 3. The maximum atomic E-state index is 14.0. The average Bonchev–Trinajstić information content (AvgIpc) is 3.29. The number of benzene rings is 3. The molecule has 0 aliphatic carbocycles. The summed E-state index contributed by atoms with van der Waals surface area (Å²) in [6, 6.07) is 14.6. The van der Waals surface area contributed by atoms with Crippen LogP contribution in [0.2, 0.25) is 0 Å². The predicted octanol–water partition coefficient (Wildman–Crippen LogP) is 5.20. The standard InChI is InChI=1S/C30H33F2N3O3/c1-3-6-28-35-29-25(13-21(30(33)37)14-27(29)38-28)24(12-20-10-22(31)15-23(32)11-20)26(36)17-34-16-19-8-5-7-18(4-2)9-19/h5,7-11,13-15,24,26,34,36H,3-4,6,12,16-17H2,1-2H3,(H2,33,37)/t24-,26-/m0/s1. The number of aromatic nitrogens is 1. The van der Waals surface area contributed by atoms with Crippen molar-refractivity contribution in [3.63, 3.8) is 0 Å². The third kappa shape index (κ3) is 6.62. The highest BCUT2D eigenvalue weighted by Gasteiger charge is 2.27. The van der Waals surface area contributed by atoms with E-state index in [1.807, 2.05) is 19.1 Å². The number of nitrogens with zero attached hydrogens (tertiary/aromatic N) is 1. The van der Waals surface area contributed by atoms with E-state index in [9.17, 15) is 18.7 Å². The van der Waals surface area contributed by atoms with Crippen LogP contribution in [0.3, 0.4) is 0 Å². The molecule has 0 radical (unpaired) electrons. The monoisotopic (exact) mass is 521 g/mol. The third-order valence-electron chi connectivity index (χ3n) is 6.64. The van der Waals surface area contributed by atoms with Crippen LogP contribution in [-0.4, -0.2) is 28.6 Å². The molecule has 4 N–H and O–H groups in total. The molecule has 1 aromatic heterocycles. The molecule has 1 amide bonds. The molecule has 0 bridgehead atoms. The van der Waals surface area contributed by atoms with E-state index in [-0.39, 0.29) is 18.5 Å². The summed E-state index contributed by atoms with van der Waals surface area (Å²) in [5.41, 5.74) is 9.89. The van der Waals surface area contributed by atoms with Gasteiger partial charge in [0.1, 0.15) is 17.2 Å². The molecule has 6 nitrogen and oxygen atoms in total. The Morgan fingerprint density at radius 3 is 2.47 bits per heavy atom. The average molecular weight is 522 g/mol. The van der Waals surface area contributed by atoms with Gasteiger partial charge in [-0.3, -0.25) is 4.79 Å². The fourth-order valence-corrected chi connectivity index (χ4v) is 4.75. The van der Waals surface area contributed by atoms with Gasteiger partial charge in [-0.2, -0.15) is 0 Å². The van der Waals surface area contributed by atoms with Crippen molar-refractivity contribution in [1.82, 2.24) is 10.3 Å². The van der Waals surface area contributed by atoms with Crippen molar-refractivity contribution in [2.75, 3.05) is 6.54 Å². The number of rotatable bonds is 12. The first kappa shape index (κ1) is 27.4. The molecule has 0 unspecified atom stereocenters. The van der Waals surface area contributed by atoms with Crippen LogP contribution in [0, 0.1) is 11.6 Å². The second kappa shape index (κ2) is 12.3. The zero-order valence-corrected chi connectivity index (χ0v) is 21.6. The molecule has 0 saturated heterocycles. The first-order chi connectivity index (χ1) is 18.3. The fraction of sp³-hybridized carbons (Fsp3) is 0.333. The minimum atomic E-state index is -0.978. The van der Waals surface area contributed by atoms with Gasteiger partial charge in [-0.25, -0.2) is 13.8 Å². The summed E-state index contributed by atoms with van der Waals surface area (Å²) >= 11 is 0. The van der Waals surface area contributed by atoms with Gasteiger partial charge in [0.2, 0.25) is 5.91 Å². The van der Waals surface area contributed by atoms with Gasteiger partial charge in [0.25, 0.3) is 0 Å². The Morgan fingerprint density at radius 2 is 1.79 bits per heavy atom. The Labute approximate surface area is 220 Å². The second-order valence-electron chi connectivity index (χ2n) is 9.59. The van der Waals surface area contributed by atoms with E-state index in [1.165, 1.54) is 23.8 Å². The summed E-state index contributed by atoms with van der Waals surface area (Å²) in [5, 5.41) is 14.7. The molecule has 3 aromatic carbocycles. The van der Waals surface area contributed by atoms with E-state index in [0.29, 0.717) is 41.1 Å². The topological polar surface area (TPSA) is 101 Å². The quantitative estimate of drug-likeness (QED) is 0.238. The van der Waals surface area contributed by atoms with Crippen molar-refractivity contribution in [2.24, 2.45) is 5.73 Å². The Kier molecular flexibility index (Phi) is 8.86. The van der Waals surface area contributed by atoms with Crippen LogP contribution in [0.5, 0.6) is 0 Å². The summed E-state index contributed by atoms with van der Waals surface area (Å²) in [4.78, 5) is 16.8. The lowest BCUT2D eigenvalue weighted by Gasteiger charge is -2.25. The lowest BCUT2D eigenvalue weighted by molar-refractivity contribution is 0.0999.